The molecule has 1 aliphatic rings. The van der Waals surface area contributed by atoms with Gasteiger partial charge >= 0.3 is 0 Å². The van der Waals surface area contributed by atoms with Crippen molar-refractivity contribution in [2.24, 2.45) is 5.11 Å². The molecule has 1 rings (SSSR count). The molecule has 1 heterocycles. The molecule has 0 amide bonds. The fourth-order valence-corrected chi connectivity index (χ4v) is 0.700. The number of nitrogens with one attached hydrogen (secondary N) is 1. The lowest BCUT2D eigenvalue weighted by Gasteiger charge is -1.99. The van der Waals surface area contributed by atoms with E-state index in [1.807, 2.05) is 0 Å². The zero-order valence-electron chi connectivity index (χ0n) is 4.95. The molecule has 0 aromatic carbocycles. The fraction of sp³-hybridized carbons (Fsp3) is 1.00. The maximum absolute atomic E-state index is 7.91. The van der Waals surface area contributed by atoms with Crippen LogP contribution >= 0.6 is 0 Å². The minimum Gasteiger partial charge on any atom is -0.362 e. The summed E-state index contributed by atoms with van der Waals surface area (Å²) in [4.78, 5) is 2.62. The topological polar surface area (TPSA) is 70.0 Å². The SMILES string of the molecule is [N-]=[N+]=NC[C@H]1CNCO1. The Morgan fingerprint density at radius 2 is 2.78 bits per heavy atom. The zero-order valence-corrected chi connectivity index (χ0v) is 4.95. The molecular weight excluding hydrogens is 120 g/mol. The first kappa shape index (κ1) is 6.35. The predicted molar refractivity (Wildman–Crippen MR) is 31.8 cm³/mol. The monoisotopic (exact) mass is 128 g/mol. The molecule has 0 spiro atoms. The van der Waals surface area contributed by atoms with Crippen LogP contribution in [-0.2, 0) is 4.74 Å². The average Bonchev–Trinajstić information content (AvgIpc) is 2.34. The van der Waals surface area contributed by atoms with Gasteiger partial charge in [-0.05, 0) is 5.53 Å². The molecule has 1 atom stereocenters. The summed E-state index contributed by atoms with van der Waals surface area (Å²) < 4.78 is 5.08. The lowest BCUT2D eigenvalue weighted by atomic mass is 10.4. The maximum Gasteiger partial charge on any atom is 0.0970 e. The van der Waals surface area contributed by atoms with Gasteiger partial charge < -0.3 is 4.74 Å². The van der Waals surface area contributed by atoms with Crippen molar-refractivity contribution in [2.75, 3.05) is 19.8 Å². The third-order valence-electron chi connectivity index (χ3n) is 1.14. The molecule has 9 heavy (non-hydrogen) atoms. The van der Waals surface area contributed by atoms with Gasteiger partial charge in [0.1, 0.15) is 0 Å². The largest absolute Gasteiger partial charge is 0.362 e. The summed E-state index contributed by atoms with van der Waals surface area (Å²) in [5.41, 5.74) is 7.91. The van der Waals surface area contributed by atoms with Gasteiger partial charge in [-0.3, -0.25) is 5.32 Å². The van der Waals surface area contributed by atoms with Crippen molar-refractivity contribution in [1.82, 2.24) is 5.32 Å². The highest BCUT2D eigenvalue weighted by Crippen LogP contribution is 1.96. The van der Waals surface area contributed by atoms with E-state index in [1.165, 1.54) is 0 Å². The molecule has 5 nitrogen and oxygen atoms in total. The van der Waals surface area contributed by atoms with Crippen LogP contribution < -0.4 is 5.32 Å². The van der Waals surface area contributed by atoms with Crippen LogP contribution in [0.15, 0.2) is 5.11 Å². The van der Waals surface area contributed by atoms with Crippen LogP contribution in [0.4, 0.5) is 0 Å². The Morgan fingerprint density at radius 1 is 1.89 bits per heavy atom. The second-order valence-corrected chi connectivity index (χ2v) is 1.80. The van der Waals surface area contributed by atoms with Crippen LogP contribution in [0.3, 0.4) is 0 Å². The van der Waals surface area contributed by atoms with Crippen molar-refractivity contribution < 1.29 is 4.74 Å². The molecule has 50 valence electrons. The van der Waals surface area contributed by atoms with Crippen molar-refractivity contribution in [3.8, 4) is 0 Å². The molecule has 0 bridgehead atoms. The molecule has 0 aromatic rings. The second-order valence-electron chi connectivity index (χ2n) is 1.80. The molecule has 0 radical (unpaired) electrons. The molecule has 1 N–H and O–H groups in total. The van der Waals surface area contributed by atoms with Gasteiger partial charge in [0.05, 0.1) is 19.4 Å². The zero-order chi connectivity index (χ0) is 6.53. The van der Waals surface area contributed by atoms with Crippen molar-refractivity contribution in [2.45, 2.75) is 6.10 Å². The molecule has 5 heteroatoms. The third kappa shape index (κ3) is 1.89. The highest BCUT2D eigenvalue weighted by molar-refractivity contribution is 4.68. The average molecular weight is 128 g/mol. The first-order valence-electron chi connectivity index (χ1n) is 2.76. The molecule has 1 aliphatic heterocycles. The predicted octanol–water partition coefficient (Wildman–Crippen LogP) is 0.243. The summed E-state index contributed by atoms with van der Waals surface area (Å²) in [5.74, 6) is 0. The Balaban J connectivity index is 2.18. The smallest absolute Gasteiger partial charge is 0.0970 e. The standard InChI is InChI=1S/C4H8N4O/c5-8-7-2-4-1-6-3-9-4/h4,6H,1-3H2/t4-/m1/s1. The van der Waals surface area contributed by atoms with Crippen molar-refractivity contribution in [1.29, 1.82) is 0 Å². The summed E-state index contributed by atoms with van der Waals surface area (Å²) >= 11 is 0. The van der Waals surface area contributed by atoms with E-state index in [-0.39, 0.29) is 6.10 Å². The maximum atomic E-state index is 7.91. The van der Waals surface area contributed by atoms with Crippen LogP contribution in [0.2, 0.25) is 0 Å². The Labute approximate surface area is 52.6 Å². The minimum atomic E-state index is 0.0842. The van der Waals surface area contributed by atoms with Crippen LogP contribution in [0.25, 0.3) is 10.4 Å². The van der Waals surface area contributed by atoms with Crippen molar-refractivity contribution >= 4 is 0 Å². The first-order chi connectivity index (χ1) is 4.43. The van der Waals surface area contributed by atoms with E-state index >= 15 is 0 Å². The van der Waals surface area contributed by atoms with E-state index in [9.17, 15) is 0 Å². The number of hydrogen-bond donors (Lipinski definition) is 1. The van der Waals surface area contributed by atoms with Crippen LogP contribution in [0.1, 0.15) is 0 Å². The second kappa shape index (κ2) is 3.29. The van der Waals surface area contributed by atoms with Crippen LogP contribution in [-0.4, -0.2) is 25.9 Å². The van der Waals surface area contributed by atoms with E-state index in [0.29, 0.717) is 13.3 Å². The minimum absolute atomic E-state index is 0.0842. The van der Waals surface area contributed by atoms with Gasteiger partial charge in [-0.1, -0.05) is 5.11 Å². The lowest BCUT2D eigenvalue weighted by molar-refractivity contribution is 0.119. The Bertz CT molecular complexity index is 125. The first-order valence-corrected chi connectivity index (χ1v) is 2.76. The Hall–Kier alpha value is -0.770. The quantitative estimate of drug-likeness (QED) is 0.329. The summed E-state index contributed by atoms with van der Waals surface area (Å²) in [6.07, 6.45) is 0.0842. The van der Waals surface area contributed by atoms with E-state index < -0.39 is 0 Å². The van der Waals surface area contributed by atoms with E-state index in [1.54, 1.807) is 0 Å². The van der Waals surface area contributed by atoms with Crippen molar-refractivity contribution in [3.05, 3.63) is 10.4 Å². The lowest BCUT2D eigenvalue weighted by Crippen LogP contribution is -2.16. The van der Waals surface area contributed by atoms with Crippen LogP contribution in [0, 0.1) is 0 Å². The summed E-state index contributed by atoms with van der Waals surface area (Å²) in [6.45, 7) is 1.80. The van der Waals surface area contributed by atoms with Gasteiger partial charge in [0.15, 0.2) is 0 Å². The Morgan fingerprint density at radius 3 is 3.33 bits per heavy atom. The normalized spacial score (nSPS) is 25.6. The van der Waals surface area contributed by atoms with E-state index in [4.69, 9.17) is 10.3 Å². The summed E-state index contributed by atoms with van der Waals surface area (Å²) in [6, 6.07) is 0. The van der Waals surface area contributed by atoms with Gasteiger partial charge in [-0.2, -0.15) is 0 Å². The fourth-order valence-electron chi connectivity index (χ4n) is 0.700. The van der Waals surface area contributed by atoms with Crippen LogP contribution in [0.5, 0.6) is 0 Å². The molecule has 0 aliphatic carbocycles. The van der Waals surface area contributed by atoms with E-state index in [2.05, 4.69) is 15.3 Å². The van der Waals surface area contributed by atoms with Gasteiger partial charge in [-0.15, -0.1) is 0 Å². The van der Waals surface area contributed by atoms with Gasteiger partial charge in [0, 0.05) is 11.5 Å². The highest BCUT2D eigenvalue weighted by Gasteiger charge is 2.12. The van der Waals surface area contributed by atoms with Crippen molar-refractivity contribution in [3.63, 3.8) is 0 Å². The molecule has 0 saturated carbocycles. The molecule has 0 aromatic heterocycles. The Kier molecular flexibility index (Phi) is 2.32. The number of ether oxygens (including phenoxy) is 1. The molecule has 0 unspecified atom stereocenters. The molecule has 1 fully saturated rings. The molecular formula is C4H8N4O. The number of nitrogens with zero attached hydrogens (tertiary/aromatic N) is 3. The number of rotatable bonds is 2. The summed E-state index contributed by atoms with van der Waals surface area (Å²) in [7, 11) is 0. The highest BCUT2D eigenvalue weighted by atomic mass is 16.5. The number of hydrogen-bond acceptors (Lipinski definition) is 3. The van der Waals surface area contributed by atoms with Gasteiger partial charge in [-0.25, -0.2) is 0 Å². The third-order valence-corrected chi connectivity index (χ3v) is 1.14. The van der Waals surface area contributed by atoms with E-state index in [0.717, 1.165) is 6.54 Å². The van der Waals surface area contributed by atoms with Gasteiger partial charge in [0.2, 0.25) is 0 Å². The van der Waals surface area contributed by atoms with Gasteiger partial charge in [0.25, 0.3) is 0 Å². The summed E-state index contributed by atoms with van der Waals surface area (Å²) in [5, 5.41) is 6.35. The molecule has 1 saturated heterocycles. The number of azide groups is 1.